The van der Waals surface area contributed by atoms with Gasteiger partial charge in [0.15, 0.2) is 0 Å². The zero-order chi connectivity index (χ0) is 23.8. The summed E-state index contributed by atoms with van der Waals surface area (Å²) in [7, 11) is 0. The first kappa shape index (κ1) is 22.0. The highest BCUT2D eigenvalue weighted by Gasteiger charge is 2.67. The molecular weight excluding hydrogens is 424 g/mol. The Labute approximate surface area is 193 Å². The van der Waals surface area contributed by atoms with Gasteiger partial charge in [0.05, 0.1) is 11.3 Å². The molecule has 0 bridgehead atoms. The Kier molecular flexibility index (Phi) is 4.75. The maximum Gasteiger partial charge on any atom is 0.344 e. The molecule has 8 nitrogen and oxygen atoms in total. The van der Waals surface area contributed by atoms with E-state index in [9.17, 15) is 14.7 Å². The molecule has 1 aromatic rings. The van der Waals surface area contributed by atoms with Crippen LogP contribution in [-0.2, 0) is 22.6 Å². The van der Waals surface area contributed by atoms with Gasteiger partial charge in [-0.3, -0.25) is 4.79 Å². The molecule has 33 heavy (non-hydrogen) atoms. The highest BCUT2D eigenvalue weighted by molar-refractivity contribution is 6.00. The molecule has 4 atom stereocenters. The Morgan fingerprint density at radius 1 is 1.30 bits per heavy atom. The number of aliphatic carboxylic acids is 1. The number of oxime groups is 1. The molecule has 0 radical (unpaired) electrons. The van der Waals surface area contributed by atoms with Crippen LogP contribution in [-0.4, -0.2) is 40.0 Å². The van der Waals surface area contributed by atoms with Crippen molar-refractivity contribution in [2.45, 2.75) is 71.9 Å². The lowest BCUT2D eigenvalue weighted by atomic mass is 9.44. The molecule has 2 fully saturated rings. The Morgan fingerprint density at radius 2 is 2.06 bits per heavy atom. The summed E-state index contributed by atoms with van der Waals surface area (Å²) in [6.07, 6.45) is 4.03. The van der Waals surface area contributed by atoms with Crippen LogP contribution in [0.15, 0.2) is 11.2 Å². The maximum atomic E-state index is 12.3. The Morgan fingerprint density at radius 3 is 2.79 bits per heavy atom. The van der Waals surface area contributed by atoms with Crippen molar-refractivity contribution < 1.29 is 29.4 Å². The number of phenols is 1. The number of rotatable bonds is 3. The van der Waals surface area contributed by atoms with E-state index in [1.54, 1.807) is 6.07 Å². The smallest absolute Gasteiger partial charge is 0.344 e. The minimum Gasteiger partial charge on any atom is -0.508 e. The summed E-state index contributed by atoms with van der Waals surface area (Å²) in [5.41, 5.74) is 1.94. The fourth-order valence-corrected chi connectivity index (χ4v) is 7.12. The highest BCUT2D eigenvalue weighted by Crippen LogP contribution is 2.66. The minimum absolute atomic E-state index is 0.128. The number of carbonyl (C=O) groups excluding carboxylic acids is 1. The second-order valence-electron chi connectivity index (χ2n) is 11.0. The van der Waals surface area contributed by atoms with Gasteiger partial charge in [0.2, 0.25) is 6.61 Å². The summed E-state index contributed by atoms with van der Waals surface area (Å²) in [6.45, 7) is 8.79. The summed E-state index contributed by atoms with van der Waals surface area (Å²) in [6, 6.07) is 1.58. The molecule has 2 aliphatic heterocycles. The zero-order valence-electron chi connectivity index (χ0n) is 19.7. The van der Waals surface area contributed by atoms with Crippen molar-refractivity contribution in [2.24, 2.45) is 27.8 Å². The van der Waals surface area contributed by atoms with Crippen LogP contribution in [0.25, 0.3) is 0 Å². The highest BCUT2D eigenvalue weighted by atomic mass is 16.6. The summed E-state index contributed by atoms with van der Waals surface area (Å²) < 4.78 is 7.06. The third-order valence-corrected chi connectivity index (χ3v) is 9.18. The third-order valence-electron chi connectivity index (χ3n) is 9.18. The number of carboxylic acids is 1. The average molecular weight is 457 g/mol. The molecule has 1 spiro atoms. The van der Waals surface area contributed by atoms with Gasteiger partial charge in [-0.25, -0.2) is 4.79 Å². The van der Waals surface area contributed by atoms with Crippen molar-refractivity contribution in [3.8, 4) is 11.5 Å². The van der Waals surface area contributed by atoms with Crippen molar-refractivity contribution in [3.05, 3.63) is 22.8 Å². The van der Waals surface area contributed by atoms with E-state index < -0.39 is 18.2 Å². The number of aromatic hydroxyl groups is 1. The first-order valence-corrected chi connectivity index (χ1v) is 11.8. The molecule has 2 heterocycles. The molecule has 1 amide bonds. The van der Waals surface area contributed by atoms with E-state index in [0.717, 1.165) is 36.1 Å². The van der Waals surface area contributed by atoms with Crippen LogP contribution in [0, 0.1) is 22.7 Å². The number of benzene rings is 1. The summed E-state index contributed by atoms with van der Waals surface area (Å²) in [4.78, 5) is 28.4. The second kappa shape index (κ2) is 7.11. The predicted octanol–water partition coefficient (Wildman–Crippen LogP) is 3.64. The van der Waals surface area contributed by atoms with Gasteiger partial charge >= 0.3 is 5.97 Å². The van der Waals surface area contributed by atoms with E-state index in [2.05, 4.69) is 38.2 Å². The summed E-state index contributed by atoms with van der Waals surface area (Å²) in [5, 5.41) is 26.9. The second-order valence-corrected chi connectivity index (χ2v) is 11.0. The first-order chi connectivity index (χ1) is 15.5. The van der Waals surface area contributed by atoms with Crippen LogP contribution < -0.4 is 10.1 Å². The lowest BCUT2D eigenvalue weighted by molar-refractivity contribution is -0.191. The van der Waals surface area contributed by atoms with Crippen molar-refractivity contribution in [1.29, 1.82) is 0 Å². The van der Waals surface area contributed by atoms with Crippen molar-refractivity contribution in [2.75, 3.05) is 6.61 Å². The van der Waals surface area contributed by atoms with E-state index in [1.807, 2.05) is 0 Å². The van der Waals surface area contributed by atoms with Crippen molar-refractivity contribution >= 4 is 17.6 Å². The monoisotopic (exact) mass is 456 g/mol. The van der Waals surface area contributed by atoms with Gasteiger partial charge in [0.25, 0.3) is 5.91 Å². The molecule has 2 aliphatic carbocycles. The molecule has 178 valence electrons. The van der Waals surface area contributed by atoms with Gasteiger partial charge in [-0.2, -0.15) is 0 Å². The van der Waals surface area contributed by atoms with E-state index in [1.165, 1.54) is 0 Å². The van der Waals surface area contributed by atoms with E-state index >= 15 is 0 Å². The van der Waals surface area contributed by atoms with E-state index in [-0.39, 0.29) is 28.4 Å². The van der Waals surface area contributed by atoms with Crippen molar-refractivity contribution in [1.82, 2.24) is 5.32 Å². The van der Waals surface area contributed by atoms with Gasteiger partial charge < -0.3 is 25.1 Å². The molecule has 0 saturated heterocycles. The summed E-state index contributed by atoms with van der Waals surface area (Å²) >= 11 is 0. The molecule has 3 N–H and O–H groups in total. The fourth-order valence-electron chi connectivity index (χ4n) is 7.12. The Balaban J connectivity index is 1.62. The molecule has 1 aromatic carbocycles. The lowest BCUT2D eigenvalue weighted by Crippen LogP contribution is -2.69. The number of hydrogen-bond acceptors (Lipinski definition) is 6. The number of hydrogen-bond donors (Lipinski definition) is 3. The summed E-state index contributed by atoms with van der Waals surface area (Å²) in [5.74, 6) is 0.0756. The van der Waals surface area contributed by atoms with Crippen LogP contribution in [0.1, 0.15) is 74.9 Å². The van der Waals surface area contributed by atoms with Crippen LogP contribution in [0.2, 0.25) is 0 Å². The predicted molar refractivity (Wildman–Crippen MR) is 120 cm³/mol. The van der Waals surface area contributed by atoms with Gasteiger partial charge in [0.1, 0.15) is 17.1 Å². The largest absolute Gasteiger partial charge is 0.508 e. The van der Waals surface area contributed by atoms with Gasteiger partial charge in [-0.05, 0) is 44.1 Å². The first-order valence-electron chi connectivity index (χ1n) is 11.8. The number of fused-ring (bicyclic) bond motifs is 3. The number of nitrogens with zero attached hydrogens (tertiary/aromatic N) is 1. The SMILES string of the molecule is C[C@H]1CC[C@H]2C(C)(C)C(=NOCC(=O)O)CC[C@]23Oc2c(c(O)cc4c2CNC4=O)C[C@]13C. The molecule has 5 rings (SSSR count). The fraction of sp³-hybridized carbons (Fsp3) is 0.640. The topological polar surface area (TPSA) is 117 Å². The van der Waals surface area contributed by atoms with Gasteiger partial charge in [0, 0.05) is 34.4 Å². The molecule has 2 saturated carbocycles. The number of amides is 1. The van der Waals surface area contributed by atoms with E-state index in [0.29, 0.717) is 36.6 Å². The third kappa shape index (κ3) is 2.91. The zero-order valence-corrected chi connectivity index (χ0v) is 19.7. The quantitative estimate of drug-likeness (QED) is 0.598. The van der Waals surface area contributed by atoms with Crippen molar-refractivity contribution in [3.63, 3.8) is 0 Å². The van der Waals surface area contributed by atoms with Crippen LogP contribution in [0.4, 0.5) is 0 Å². The lowest BCUT2D eigenvalue weighted by Gasteiger charge is -2.66. The van der Waals surface area contributed by atoms with Gasteiger partial charge in [-0.1, -0.05) is 32.9 Å². The number of nitrogens with one attached hydrogen (secondary N) is 1. The maximum absolute atomic E-state index is 12.3. The van der Waals surface area contributed by atoms with E-state index in [4.69, 9.17) is 14.7 Å². The average Bonchev–Trinajstić information content (AvgIpc) is 3.10. The van der Waals surface area contributed by atoms with Gasteiger partial charge in [-0.15, -0.1) is 0 Å². The number of phenolic OH excluding ortho intramolecular Hbond substituents is 1. The molecule has 8 heteroatoms. The number of carbonyl (C=O) groups is 2. The standard InChI is InChI=1S/C25H32N2O6/c1-13-5-6-18-23(2,3)19(27-32-12-20(29)30)7-8-25(18)24(13,4)10-15-17(28)9-14-16(21(15)33-25)11-26-22(14)31/h9,13,18,28H,5-8,10-12H2,1-4H3,(H,26,31)(H,29,30)/t13-,18-,24+,25-/m0/s1. The van der Waals surface area contributed by atoms with Crippen LogP contribution in [0.3, 0.4) is 0 Å². The molecule has 0 unspecified atom stereocenters. The number of ether oxygens (including phenoxy) is 1. The Hall–Kier alpha value is -2.77. The van der Waals surface area contributed by atoms with Crippen LogP contribution >= 0.6 is 0 Å². The molecular formula is C25H32N2O6. The van der Waals surface area contributed by atoms with Crippen LogP contribution in [0.5, 0.6) is 11.5 Å². The minimum atomic E-state index is -1.05. The number of carboxylic acid groups (broad SMARTS) is 1. The Bertz CT molecular complexity index is 1080. The molecule has 4 aliphatic rings. The molecule has 0 aromatic heterocycles. The normalized spacial score (nSPS) is 34.9.